The van der Waals surface area contributed by atoms with E-state index in [0.717, 1.165) is 15.8 Å². The van der Waals surface area contributed by atoms with Crippen LogP contribution in [0.5, 0.6) is 0 Å². The van der Waals surface area contributed by atoms with E-state index in [0.29, 0.717) is 17.9 Å². The monoisotopic (exact) mass is 348 g/mol. The first-order chi connectivity index (χ1) is 12.6. The molecule has 0 saturated heterocycles. The largest absolute Gasteiger partial charge is 0.367 e. The molecule has 0 aliphatic heterocycles. The number of aromatic nitrogens is 2. The Hall–Kier alpha value is -3.41. The molecule has 3 aromatic rings. The molecule has 3 rings (SSSR count). The van der Waals surface area contributed by atoms with Crippen LogP contribution < -0.4 is 16.6 Å². The maximum Gasteiger partial charge on any atom is 0.332 e. The highest BCUT2D eigenvalue weighted by Crippen LogP contribution is 2.13. The van der Waals surface area contributed by atoms with E-state index in [-0.39, 0.29) is 11.2 Å². The Balaban J connectivity index is 2.02. The fourth-order valence-electron chi connectivity index (χ4n) is 2.64. The molecule has 0 bridgehead atoms. The zero-order valence-corrected chi connectivity index (χ0v) is 14.7. The fourth-order valence-corrected chi connectivity index (χ4v) is 2.64. The molecule has 2 aromatic carbocycles. The van der Waals surface area contributed by atoms with Gasteiger partial charge < -0.3 is 5.32 Å². The lowest BCUT2D eigenvalue weighted by Gasteiger charge is -2.15. The van der Waals surface area contributed by atoms with Crippen molar-refractivity contribution in [3.05, 3.63) is 92.6 Å². The number of nitrogens with one attached hydrogen (secondary N) is 1. The van der Waals surface area contributed by atoms with Crippen molar-refractivity contribution >= 4 is 17.7 Å². The van der Waals surface area contributed by atoms with Gasteiger partial charge in [0.05, 0.1) is 11.3 Å². The summed E-state index contributed by atoms with van der Waals surface area (Å²) in [7, 11) is 3.10. The lowest BCUT2D eigenvalue weighted by molar-refractivity contribution is 0.687. The van der Waals surface area contributed by atoms with Gasteiger partial charge in [-0.15, -0.1) is 0 Å². The minimum atomic E-state index is -0.387. The number of rotatable bonds is 5. The van der Waals surface area contributed by atoms with Gasteiger partial charge in [-0.05, 0) is 17.7 Å². The highest BCUT2D eigenvalue weighted by atomic mass is 16.2. The van der Waals surface area contributed by atoms with Gasteiger partial charge in [0.25, 0.3) is 5.56 Å². The molecule has 1 N–H and O–H groups in total. The number of anilines is 1. The summed E-state index contributed by atoms with van der Waals surface area (Å²) in [5.74, 6) is 0.446. The zero-order valence-electron chi connectivity index (χ0n) is 14.7. The van der Waals surface area contributed by atoms with Crippen molar-refractivity contribution in [3.8, 4) is 0 Å². The van der Waals surface area contributed by atoms with Crippen molar-refractivity contribution in [3.63, 3.8) is 0 Å². The SMILES string of the molecule is Cn1c(NCc2ccccc2)c(C=Nc2ccccc2)c(=O)n(C)c1=O. The van der Waals surface area contributed by atoms with Crippen LogP contribution in [0.2, 0.25) is 0 Å². The summed E-state index contributed by atoms with van der Waals surface area (Å²) in [4.78, 5) is 29.3. The summed E-state index contributed by atoms with van der Waals surface area (Å²) in [5.41, 5.74) is 1.35. The number of hydrogen-bond acceptors (Lipinski definition) is 4. The van der Waals surface area contributed by atoms with Gasteiger partial charge in [0.2, 0.25) is 0 Å². The summed E-state index contributed by atoms with van der Waals surface area (Å²) in [6.07, 6.45) is 1.50. The summed E-state index contributed by atoms with van der Waals surface area (Å²) in [6.45, 7) is 0.494. The molecule has 0 atom stereocenters. The molecule has 6 heteroatoms. The van der Waals surface area contributed by atoms with Gasteiger partial charge in [-0.1, -0.05) is 48.5 Å². The molecule has 0 aliphatic rings. The van der Waals surface area contributed by atoms with Crippen LogP contribution in [-0.4, -0.2) is 15.3 Å². The molecular weight excluding hydrogens is 328 g/mol. The maximum atomic E-state index is 12.6. The molecule has 6 nitrogen and oxygen atoms in total. The molecule has 0 unspecified atom stereocenters. The molecule has 0 aliphatic carbocycles. The number of benzene rings is 2. The Morgan fingerprint density at radius 1 is 0.923 bits per heavy atom. The van der Waals surface area contributed by atoms with E-state index in [1.807, 2.05) is 60.7 Å². The number of aliphatic imine (C=N–C) groups is 1. The van der Waals surface area contributed by atoms with Gasteiger partial charge in [0.1, 0.15) is 5.82 Å². The Bertz CT molecular complexity index is 1040. The van der Waals surface area contributed by atoms with E-state index >= 15 is 0 Å². The van der Waals surface area contributed by atoms with Gasteiger partial charge in [0.15, 0.2) is 0 Å². The van der Waals surface area contributed by atoms with E-state index < -0.39 is 0 Å². The quantitative estimate of drug-likeness (QED) is 0.720. The van der Waals surface area contributed by atoms with Crippen molar-refractivity contribution < 1.29 is 0 Å². The predicted octanol–water partition coefficient (Wildman–Crippen LogP) is 2.45. The minimum absolute atomic E-state index is 0.342. The smallest absolute Gasteiger partial charge is 0.332 e. The molecule has 0 spiro atoms. The molecule has 0 amide bonds. The lowest BCUT2D eigenvalue weighted by Crippen LogP contribution is -2.40. The zero-order chi connectivity index (χ0) is 18.5. The van der Waals surface area contributed by atoms with Gasteiger partial charge in [-0.2, -0.15) is 0 Å². The third kappa shape index (κ3) is 3.64. The predicted molar refractivity (Wildman–Crippen MR) is 104 cm³/mol. The van der Waals surface area contributed by atoms with Gasteiger partial charge in [-0.3, -0.25) is 18.9 Å². The van der Waals surface area contributed by atoms with E-state index in [1.54, 1.807) is 7.05 Å². The summed E-state index contributed by atoms with van der Waals surface area (Å²) in [5, 5.41) is 3.20. The second-order valence-electron chi connectivity index (χ2n) is 5.90. The maximum absolute atomic E-state index is 12.6. The second-order valence-corrected chi connectivity index (χ2v) is 5.90. The summed E-state index contributed by atoms with van der Waals surface area (Å²) in [6, 6.07) is 19.1. The highest BCUT2D eigenvalue weighted by molar-refractivity contribution is 5.87. The van der Waals surface area contributed by atoms with Gasteiger partial charge >= 0.3 is 5.69 Å². The Morgan fingerprint density at radius 2 is 1.54 bits per heavy atom. The Morgan fingerprint density at radius 3 is 2.19 bits per heavy atom. The van der Waals surface area contributed by atoms with Crippen molar-refractivity contribution in [2.75, 3.05) is 5.32 Å². The number of hydrogen-bond donors (Lipinski definition) is 1. The standard InChI is InChI=1S/C20H20N4O2/c1-23-18(22-13-15-9-5-3-6-10-15)17(19(25)24(2)20(23)26)14-21-16-11-7-4-8-12-16/h3-12,14,22H,13H2,1-2H3. The van der Waals surface area contributed by atoms with Crippen LogP contribution >= 0.6 is 0 Å². The third-order valence-electron chi connectivity index (χ3n) is 4.10. The first-order valence-corrected chi connectivity index (χ1v) is 8.25. The van der Waals surface area contributed by atoms with Crippen LogP contribution in [0.4, 0.5) is 11.5 Å². The van der Waals surface area contributed by atoms with Crippen molar-refractivity contribution in [2.45, 2.75) is 6.54 Å². The van der Waals surface area contributed by atoms with Crippen LogP contribution in [-0.2, 0) is 20.6 Å². The highest BCUT2D eigenvalue weighted by Gasteiger charge is 2.14. The molecular formula is C20H20N4O2. The Kier molecular flexibility index (Phi) is 5.12. The van der Waals surface area contributed by atoms with E-state index in [2.05, 4.69) is 10.3 Å². The van der Waals surface area contributed by atoms with Crippen LogP contribution in [0, 0.1) is 0 Å². The number of para-hydroxylation sites is 1. The average Bonchev–Trinajstić information content (AvgIpc) is 2.69. The molecule has 0 radical (unpaired) electrons. The molecule has 0 saturated carbocycles. The molecule has 0 fully saturated rings. The summed E-state index contributed by atoms with van der Waals surface area (Å²) < 4.78 is 2.51. The Labute approximate surface area is 151 Å². The van der Waals surface area contributed by atoms with Crippen molar-refractivity contribution in [2.24, 2.45) is 19.1 Å². The van der Waals surface area contributed by atoms with Crippen LogP contribution in [0.1, 0.15) is 11.1 Å². The molecule has 132 valence electrons. The number of nitrogens with zero attached hydrogens (tertiary/aromatic N) is 3. The molecule has 26 heavy (non-hydrogen) atoms. The second kappa shape index (κ2) is 7.65. The lowest BCUT2D eigenvalue weighted by atomic mass is 10.2. The average molecular weight is 348 g/mol. The minimum Gasteiger partial charge on any atom is -0.367 e. The first kappa shape index (κ1) is 17.4. The van der Waals surface area contributed by atoms with Crippen LogP contribution in [0.25, 0.3) is 0 Å². The normalized spacial score (nSPS) is 11.0. The van der Waals surface area contributed by atoms with E-state index in [9.17, 15) is 9.59 Å². The molecule has 1 heterocycles. The van der Waals surface area contributed by atoms with E-state index in [4.69, 9.17) is 0 Å². The van der Waals surface area contributed by atoms with E-state index in [1.165, 1.54) is 17.8 Å². The van der Waals surface area contributed by atoms with Crippen LogP contribution in [0.15, 0.2) is 75.2 Å². The van der Waals surface area contributed by atoms with Crippen LogP contribution in [0.3, 0.4) is 0 Å². The van der Waals surface area contributed by atoms with Gasteiger partial charge in [0, 0.05) is 26.9 Å². The molecule has 1 aromatic heterocycles. The van der Waals surface area contributed by atoms with Crippen molar-refractivity contribution in [1.82, 2.24) is 9.13 Å². The first-order valence-electron chi connectivity index (χ1n) is 8.25. The topological polar surface area (TPSA) is 68.4 Å². The third-order valence-corrected chi connectivity index (χ3v) is 4.10. The van der Waals surface area contributed by atoms with Crippen molar-refractivity contribution in [1.29, 1.82) is 0 Å². The fraction of sp³-hybridized carbons (Fsp3) is 0.150. The summed E-state index contributed by atoms with van der Waals surface area (Å²) >= 11 is 0. The van der Waals surface area contributed by atoms with Gasteiger partial charge in [-0.25, -0.2) is 4.79 Å².